The summed E-state index contributed by atoms with van der Waals surface area (Å²) in [4.78, 5) is 4.49. The number of rotatable bonds is 1. The second-order valence-electron chi connectivity index (χ2n) is 6.19. The molecule has 0 aliphatic carbocycles. The van der Waals surface area contributed by atoms with E-state index in [2.05, 4.69) is 54.7 Å². The number of aromatic nitrogens is 1. The maximum absolute atomic E-state index is 6.05. The van der Waals surface area contributed by atoms with Gasteiger partial charge < -0.3 is 9.31 Å². The van der Waals surface area contributed by atoms with Crippen molar-refractivity contribution in [2.24, 2.45) is 0 Å². The van der Waals surface area contributed by atoms with E-state index < -0.39 is 0 Å². The number of benzene rings is 1. The van der Waals surface area contributed by atoms with Crippen molar-refractivity contribution in [3.8, 4) is 0 Å². The van der Waals surface area contributed by atoms with Crippen LogP contribution in [-0.4, -0.2) is 23.3 Å². The van der Waals surface area contributed by atoms with Gasteiger partial charge in [0.15, 0.2) is 0 Å². The molecule has 5 heteroatoms. The van der Waals surface area contributed by atoms with Crippen molar-refractivity contribution >= 4 is 39.4 Å². The van der Waals surface area contributed by atoms with Crippen LogP contribution < -0.4 is 5.46 Å². The largest absolute Gasteiger partial charge is 0.496 e. The average Bonchev–Trinajstić information content (AvgIpc) is 2.58. The van der Waals surface area contributed by atoms with E-state index in [9.17, 15) is 0 Å². The number of nitrogens with zero attached hydrogens (tertiary/aromatic N) is 1. The average molecular weight is 334 g/mol. The van der Waals surface area contributed by atoms with Crippen LogP contribution in [0.5, 0.6) is 0 Å². The van der Waals surface area contributed by atoms with Crippen molar-refractivity contribution in [3.05, 3.63) is 34.9 Å². The van der Waals surface area contributed by atoms with Crippen LogP contribution in [0.4, 0.5) is 0 Å². The molecule has 2 aromatic rings. The van der Waals surface area contributed by atoms with E-state index in [4.69, 9.17) is 9.31 Å². The molecule has 1 aromatic carbocycles. The zero-order valence-electron chi connectivity index (χ0n) is 12.1. The summed E-state index contributed by atoms with van der Waals surface area (Å²) in [5, 5.41) is 1.08. The standard InChI is InChI=1S/C15H17BBrNO2/c1-14(2)15(3,4)20-16(19-14)11-7-10-5-6-12(17)8-13(10)18-9-11/h5-9H,1-4H3. The summed E-state index contributed by atoms with van der Waals surface area (Å²) in [7, 11) is -0.361. The molecule has 1 saturated heterocycles. The third kappa shape index (κ3) is 2.28. The summed E-state index contributed by atoms with van der Waals surface area (Å²) in [6.45, 7) is 8.22. The van der Waals surface area contributed by atoms with Gasteiger partial charge in [0, 0.05) is 16.1 Å². The van der Waals surface area contributed by atoms with Crippen molar-refractivity contribution in [2.75, 3.05) is 0 Å². The van der Waals surface area contributed by atoms with Crippen LogP contribution in [0, 0.1) is 0 Å². The minimum absolute atomic E-state index is 0.327. The van der Waals surface area contributed by atoms with E-state index in [1.807, 2.05) is 24.4 Å². The van der Waals surface area contributed by atoms with Crippen molar-refractivity contribution in [1.82, 2.24) is 4.98 Å². The first-order valence-corrected chi connectivity index (χ1v) is 7.49. The van der Waals surface area contributed by atoms with Crippen LogP contribution in [-0.2, 0) is 9.31 Å². The monoisotopic (exact) mass is 333 g/mol. The van der Waals surface area contributed by atoms with Gasteiger partial charge in [0.05, 0.1) is 16.7 Å². The number of fused-ring (bicyclic) bond motifs is 1. The van der Waals surface area contributed by atoms with Gasteiger partial charge in [-0.1, -0.05) is 28.1 Å². The Morgan fingerprint density at radius 1 is 1.05 bits per heavy atom. The van der Waals surface area contributed by atoms with E-state index in [0.717, 1.165) is 20.8 Å². The maximum atomic E-state index is 6.05. The minimum Gasteiger partial charge on any atom is -0.399 e. The van der Waals surface area contributed by atoms with Gasteiger partial charge in [0.2, 0.25) is 0 Å². The highest BCUT2D eigenvalue weighted by atomic mass is 79.9. The van der Waals surface area contributed by atoms with E-state index in [1.165, 1.54) is 0 Å². The molecule has 0 amide bonds. The Labute approximate surface area is 128 Å². The summed E-state index contributed by atoms with van der Waals surface area (Å²) >= 11 is 3.46. The fraction of sp³-hybridized carbons (Fsp3) is 0.400. The van der Waals surface area contributed by atoms with Gasteiger partial charge in [-0.05, 0) is 45.2 Å². The smallest absolute Gasteiger partial charge is 0.399 e. The van der Waals surface area contributed by atoms with Crippen molar-refractivity contribution in [2.45, 2.75) is 38.9 Å². The molecule has 104 valence electrons. The van der Waals surface area contributed by atoms with Crippen LogP contribution >= 0.6 is 15.9 Å². The Morgan fingerprint density at radius 2 is 1.70 bits per heavy atom. The molecule has 0 unspecified atom stereocenters. The van der Waals surface area contributed by atoms with E-state index in [-0.39, 0.29) is 18.3 Å². The third-order valence-electron chi connectivity index (χ3n) is 4.19. The lowest BCUT2D eigenvalue weighted by molar-refractivity contribution is 0.00578. The van der Waals surface area contributed by atoms with Crippen LogP contribution in [0.2, 0.25) is 0 Å². The summed E-state index contributed by atoms with van der Waals surface area (Å²) in [5.74, 6) is 0. The lowest BCUT2D eigenvalue weighted by Gasteiger charge is -2.32. The SMILES string of the molecule is CC1(C)OB(c2cnc3cc(Br)ccc3c2)OC1(C)C. The quantitative estimate of drug-likeness (QED) is 0.750. The molecule has 2 heterocycles. The van der Waals surface area contributed by atoms with Crippen LogP contribution in [0.3, 0.4) is 0 Å². The maximum Gasteiger partial charge on any atom is 0.496 e. The van der Waals surface area contributed by atoms with Gasteiger partial charge in [-0.3, -0.25) is 4.98 Å². The van der Waals surface area contributed by atoms with E-state index >= 15 is 0 Å². The number of pyridine rings is 1. The lowest BCUT2D eigenvalue weighted by Crippen LogP contribution is -2.41. The molecule has 0 bridgehead atoms. The Hall–Kier alpha value is -0.905. The van der Waals surface area contributed by atoms with Crippen LogP contribution in [0.25, 0.3) is 10.9 Å². The minimum atomic E-state index is -0.361. The van der Waals surface area contributed by atoms with Gasteiger partial charge in [0.25, 0.3) is 0 Å². The van der Waals surface area contributed by atoms with Gasteiger partial charge in [-0.2, -0.15) is 0 Å². The zero-order chi connectivity index (χ0) is 14.5. The highest BCUT2D eigenvalue weighted by molar-refractivity contribution is 9.10. The number of hydrogen-bond donors (Lipinski definition) is 0. The van der Waals surface area contributed by atoms with Crippen molar-refractivity contribution < 1.29 is 9.31 Å². The molecule has 20 heavy (non-hydrogen) atoms. The fourth-order valence-electron chi connectivity index (χ4n) is 2.22. The lowest BCUT2D eigenvalue weighted by atomic mass is 9.80. The van der Waals surface area contributed by atoms with Gasteiger partial charge >= 0.3 is 7.12 Å². The highest BCUT2D eigenvalue weighted by Crippen LogP contribution is 2.36. The highest BCUT2D eigenvalue weighted by Gasteiger charge is 2.51. The summed E-state index contributed by atoms with van der Waals surface area (Å²) in [6.07, 6.45) is 1.83. The predicted molar refractivity (Wildman–Crippen MR) is 85.2 cm³/mol. The molecule has 3 nitrogen and oxygen atoms in total. The first kappa shape index (κ1) is 14.0. The third-order valence-corrected chi connectivity index (χ3v) is 4.69. The molecule has 1 aromatic heterocycles. The molecule has 0 saturated carbocycles. The van der Waals surface area contributed by atoms with Crippen LogP contribution in [0.1, 0.15) is 27.7 Å². The molecule has 1 aliphatic rings. The molecular weight excluding hydrogens is 317 g/mol. The Kier molecular flexibility index (Phi) is 3.20. The molecule has 0 radical (unpaired) electrons. The van der Waals surface area contributed by atoms with Gasteiger partial charge in [-0.15, -0.1) is 0 Å². The number of hydrogen-bond acceptors (Lipinski definition) is 3. The fourth-order valence-corrected chi connectivity index (χ4v) is 2.57. The first-order chi connectivity index (χ1) is 9.28. The van der Waals surface area contributed by atoms with Gasteiger partial charge in [0.1, 0.15) is 0 Å². The second-order valence-corrected chi connectivity index (χ2v) is 7.11. The Morgan fingerprint density at radius 3 is 2.35 bits per heavy atom. The topological polar surface area (TPSA) is 31.4 Å². The summed E-state index contributed by atoms with van der Waals surface area (Å²) in [6, 6.07) is 8.14. The molecule has 1 aliphatic heterocycles. The molecule has 3 rings (SSSR count). The Bertz CT molecular complexity index is 656. The molecule has 0 atom stereocenters. The Balaban J connectivity index is 1.98. The zero-order valence-corrected chi connectivity index (χ0v) is 13.7. The van der Waals surface area contributed by atoms with E-state index in [0.29, 0.717) is 0 Å². The van der Waals surface area contributed by atoms with Crippen molar-refractivity contribution in [3.63, 3.8) is 0 Å². The molecule has 0 N–H and O–H groups in total. The number of halogens is 1. The summed E-state index contributed by atoms with van der Waals surface area (Å²) < 4.78 is 13.1. The molecular formula is C15H17BBrNO2. The van der Waals surface area contributed by atoms with Crippen LogP contribution in [0.15, 0.2) is 34.9 Å². The van der Waals surface area contributed by atoms with E-state index in [1.54, 1.807) is 0 Å². The normalized spacial score (nSPS) is 20.6. The summed E-state index contributed by atoms with van der Waals surface area (Å²) in [5.41, 5.74) is 1.26. The predicted octanol–water partition coefficient (Wildman–Crippen LogP) is 3.30. The van der Waals surface area contributed by atoms with Gasteiger partial charge in [-0.25, -0.2) is 0 Å². The second kappa shape index (κ2) is 4.55. The molecule has 1 fully saturated rings. The first-order valence-electron chi connectivity index (χ1n) is 6.69. The van der Waals surface area contributed by atoms with Crippen molar-refractivity contribution in [1.29, 1.82) is 0 Å². The molecule has 0 spiro atoms.